The van der Waals surface area contributed by atoms with Crippen LogP contribution in [0.3, 0.4) is 0 Å². The van der Waals surface area contributed by atoms with E-state index in [0.717, 1.165) is 18.4 Å². The quantitative estimate of drug-likeness (QED) is 0.411. The summed E-state index contributed by atoms with van der Waals surface area (Å²) < 4.78 is 11.7. The molecule has 2 aromatic carbocycles. The van der Waals surface area contributed by atoms with Gasteiger partial charge in [0, 0.05) is 43.2 Å². The Bertz CT molecular complexity index is 1060. The topological polar surface area (TPSA) is 137 Å². The van der Waals surface area contributed by atoms with Gasteiger partial charge in [0.15, 0.2) is 5.79 Å². The van der Waals surface area contributed by atoms with Crippen molar-refractivity contribution in [3.05, 3.63) is 59.7 Å². The number of carboxylic acids is 1. The Morgan fingerprint density at radius 1 is 0.972 bits per heavy atom. The molecule has 1 aliphatic carbocycles. The molecule has 0 unspecified atom stereocenters. The second-order valence-electron chi connectivity index (χ2n) is 9.04. The summed E-state index contributed by atoms with van der Waals surface area (Å²) in [4.78, 5) is 38.0. The molecule has 0 atom stereocenters. The molecule has 1 saturated carbocycles. The molecule has 4 N–H and O–H groups in total. The molecule has 1 spiro atoms. The normalized spacial score (nSPS) is 17.0. The van der Waals surface area contributed by atoms with Crippen molar-refractivity contribution in [2.75, 3.05) is 25.1 Å². The van der Waals surface area contributed by atoms with Crippen molar-refractivity contribution < 1.29 is 34.1 Å². The molecule has 1 saturated heterocycles. The van der Waals surface area contributed by atoms with E-state index in [0.29, 0.717) is 43.9 Å². The molecule has 2 aromatic rings. The molecule has 10 nitrogen and oxygen atoms in total. The molecule has 192 valence electrons. The first kappa shape index (κ1) is 25.5. The Kier molecular flexibility index (Phi) is 8.07. The van der Waals surface area contributed by atoms with Crippen LogP contribution in [0.5, 0.6) is 5.75 Å². The molecule has 36 heavy (non-hydrogen) atoms. The Balaban J connectivity index is 1.44. The van der Waals surface area contributed by atoms with Gasteiger partial charge in [-0.3, -0.25) is 9.59 Å². The number of aromatic hydroxyl groups is 1. The van der Waals surface area contributed by atoms with Crippen LogP contribution in [-0.4, -0.2) is 64.6 Å². The van der Waals surface area contributed by atoms with Gasteiger partial charge in [-0.1, -0.05) is 12.1 Å². The van der Waals surface area contributed by atoms with Gasteiger partial charge in [-0.15, -0.1) is 0 Å². The summed E-state index contributed by atoms with van der Waals surface area (Å²) in [5, 5.41) is 23.7. The third kappa shape index (κ3) is 6.52. The van der Waals surface area contributed by atoms with Crippen LogP contribution < -0.4 is 10.6 Å². The predicted octanol–water partition coefficient (Wildman–Crippen LogP) is 3.32. The molecular formula is C26H31N3O7. The highest BCUT2D eigenvalue weighted by Gasteiger charge is 2.42. The number of hydrogen-bond donors (Lipinski definition) is 4. The summed E-state index contributed by atoms with van der Waals surface area (Å²) in [6, 6.07) is 12.9. The van der Waals surface area contributed by atoms with E-state index in [1.807, 2.05) is 0 Å². The number of amides is 3. The molecule has 1 aliphatic heterocycles. The molecule has 0 aromatic heterocycles. The van der Waals surface area contributed by atoms with Crippen LogP contribution in [0.25, 0.3) is 0 Å². The number of phenols is 1. The minimum atomic E-state index is -0.976. The Hall–Kier alpha value is -3.63. The number of hydrogen-bond acceptors (Lipinski definition) is 6. The van der Waals surface area contributed by atoms with Crippen LogP contribution in [0.15, 0.2) is 48.5 Å². The van der Waals surface area contributed by atoms with Crippen LogP contribution in [0.4, 0.5) is 10.5 Å². The van der Waals surface area contributed by atoms with Crippen molar-refractivity contribution in [3.63, 3.8) is 0 Å². The molecular weight excluding hydrogens is 466 g/mol. The number of benzene rings is 2. The number of nitrogens with zero attached hydrogens (tertiary/aromatic N) is 1. The van der Waals surface area contributed by atoms with Crippen LogP contribution in [0.2, 0.25) is 0 Å². The first-order chi connectivity index (χ1) is 17.3. The lowest BCUT2D eigenvalue weighted by atomic mass is 9.89. The van der Waals surface area contributed by atoms with Crippen molar-refractivity contribution in [1.82, 2.24) is 10.2 Å². The number of anilines is 1. The van der Waals surface area contributed by atoms with Crippen molar-refractivity contribution >= 4 is 23.6 Å². The zero-order valence-corrected chi connectivity index (χ0v) is 19.9. The third-order valence-electron chi connectivity index (χ3n) is 6.54. The second kappa shape index (κ2) is 11.4. The van der Waals surface area contributed by atoms with Crippen LogP contribution >= 0.6 is 0 Å². The lowest BCUT2D eigenvalue weighted by Crippen LogP contribution is -2.47. The number of carboxylic acid groups (broad SMARTS) is 1. The lowest BCUT2D eigenvalue weighted by molar-refractivity contribution is -0.182. The van der Waals surface area contributed by atoms with E-state index in [2.05, 4.69) is 10.6 Å². The lowest BCUT2D eigenvalue weighted by Gasteiger charge is -2.40. The maximum absolute atomic E-state index is 13.3. The van der Waals surface area contributed by atoms with Crippen molar-refractivity contribution in [1.29, 1.82) is 0 Å². The molecule has 1 heterocycles. The summed E-state index contributed by atoms with van der Waals surface area (Å²) in [5.41, 5.74) is 1.84. The zero-order chi connectivity index (χ0) is 25.5. The summed E-state index contributed by atoms with van der Waals surface area (Å²) in [7, 11) is 0. The van der Waals surface area contributed by atoms with E-state index in [4.69, 9.17) is 14.6 Å². The highest BCUT2D eigenvalue weighted by atomic mass is 16.7. The predicted molar refractivity (Wildman–Crippen MR) is 131 cm³/mol. The molecule has 0 radical (unpaired) electrons. The highest BCUT2D eigenvalue weighted by molar-refractivity contribution is 5.94. The fourth-order valence-corrected chi connectivity index (χ4v) is 4.59. The minimum Gasteiger partial charge on any atom is -0.508 e. The van der Waals surface area contributed by atoms with Gasteiger partial charge in [0.1, 0.15) is 5.75 Å². The molecule has 4 rings (SSSR count). The maximum atomic E-state index is 13.3. The minimum absolute atomic E-state index is 0.0282. The van der Waals surface area contributed by atoms with Crippen LogP contribution in [0, 0.1) is 0 Å². The Morgan fingerprint density at radius 3 is 2.22 bits per heavy atom. The average Bonchev–Trinajstić information content (AvgIpc) is 3.32. The number of aliphatic carboxylic acids is 1. The number of rotatable bonds is 8. The van der Waals surface area contributed by atoms with Gasteiger partial charge in [-0.2, -0.15) is 0 Å². The molecule has 0 bridgehead atoms. The van der Waals surface area contributed by atoms with Crippen molar-refractivity contribution in [3.8, 4) is 5.75 Å². The van der Waals surface area contributed by atoms with Gasteiger partial charge < -0.3 is 35.2 Å². The number of carbonyl (C=O) groups is 3. The van der Waals surface area contributed by atoms with E-state index in [1.165, 1.54) is 12.1 Å². The van der Waals surface area contributed by atoms with Gasteiger partial charge in [0.25, 0.3) is 5.91 Å². The van der Waals surface area contributed by atoms with Gasteiger partial charge in [-0.05, 0) is 54.8 Å². The molecule has 2 fully saturated rings. The first-order valence-electron chi connectivity index (χ1n) is 12.1. The number of phenolic OH excluding ortho intramolecular Hbond substituents is 1. The monoisotopic (exact) mass is 497 g/mol. The Labute approximate surface area is 209 Å². The third-order valence-corrected chi connectivity index (χ3v) is 6.54. The smallest absolute Gasteiger partial charge is 0.322 e. The molecule has 10 heteroatoms. The zero-order valence-electron chi connectivity index (χ0n) is 19.9. The standard InChI is InChI=1S/C26H31N3O7/c30-22-7-5-20(6-8-22)28-25(34)29(21-9-12-26(13-10-21)35-15-16-36-26)17-18-1-3-19(4-2-18)24(33)27-14-11-23(31)32/h1-8,21,30H,9-17H2,(H,27,33)(H,28,34)(H,31,32). The molecule has 2 aliphatic rings. The number of ether oxygens (including phenoxy) is 2. The fourth-order valence-electron chi connectivity index (χ4n) is 4.59. The van der Waals surface area contributed by atoms with Crippen LogP contribution in [-0.2, 0) is 20.8 Å². The summed E-state index contributed by atoms with van der Waals surface area (Å²) in [6.07, 6.45) is 2.72. The average molecular weight is 498 g/mol. The first-order valence-corrected chi connectivity index (χ1v) is 12.1. The largest absolute Gasteiger partial charge is 0.508 e. The fraction of sp³-hybridized carbons (Fsp3) is 0.423. The summed E-state index contributed by atoms with van der Waals surface area (Å²) >= 11 is 0. The van der Waals surface area contributed by atoms with E-state index >= 15 is 0 Å². The van der Waals surface area contributed by atoms with E-state index in [9.17, 15) is 19.5 Å². The Morgan fingerprint density at radius 2 is 1.61 bits per heavy atom. The summed E-state index contributed by atoms with van der Waals surface area (Å²) in [5.74, 6) is -1.74. The highest BCUT2D eigenvalue weighted by Crippen LogP contribution is 2.38. The van der Waals surface area contributed by atoms with E-state index < -0.39 is 11.8 Å². The number of nitrogens with one attached hydrogen (secondary N) is 2. The second-order valence-corrected chi connectivity index (χ2v) is 9.04. The van der Waals surface area contributed by atoms with Crippen molar-refractivity contribution in [2.24, 2.45) is 0 Å². The number of carbonyl (C=O) groups excluding carboxylic acids is 2. The summed E-state index contributed by atoms with van der Waals surface area (Å²) in [6.45, 7) is 1.57. The van der Waals surface area contributed by atoms with Crippen LogP contribution in [0.1, 0.15) is 48.0 Å². The van der Waals surface area contributed by atoms with Gasteiger partial charge in [-0.25, -0.2) is 4.79 Å². The SMILES string of the molecule is O=C(O)CCNC(=O)c1ccc(CN(C(=O)Nc2ccc(O)cc2)C2CCC3(CC2)OCCO3)cc1. The van der Waals surface area contributed by atoms with E-state index in [-0.39, 0.29) is 36.7 Å². The number of urea groups is 1. The van der Waals surface area contributed by atoms with Gasteiger partial charge in [0.05, 0.1) is 19.6 Å². The van der Waals surface area contributed by atoms with Crippen molar-refractivity contribution in [2.45, 2.75) is 50.5 Å². The van der Waals surface area contributed by atoms with Gasteiger partial charge >= 0.3 is 12.0 Å². The molecule has 3 amide bonds. The van der Waals surface area contributed by atoms with E-state index in [1.54, 1.807) is 41.3 Å². The maximum Gasteiger partial charge on any atom is 0.322 e. The van der Waals surface area contributed by atoms with Gasteiger partial charge in [0.2, 0.25) is 0 Å².